The van der Waals surface area contributed by atoms with Crippen LogP contribution >= 0.6 is 23.2 Å². The van der Waals surface area contributed by atoms with E-state index < -0.39 is 5.60 Å². The van der Waals surface area contributed by atoms with Gasteiger partial charge in [0.25, 0.3) is 5.91 Å². The number of benzene rings is 2. The van der Waals surface area contributed by atoms with Crippen LogP contribution in [0.25, 0.3) is 0 Å². The molecule has 2 aromatic rings. The van der Waals surface area contributed by atoms with Gasteiger partial charge in [0.15, 0.2) is 0 Å². The largest absolute Gasteiger partial charge is 0.365 e. The van der Waals surface area contributed by atoms with E-state index in [2.05, 4.69) is 11.0 Å². The molecule has 2 aromatic carbocycles. The molecule has 0 bridgehead atoms. The van der Waals surface area contributed by atoms with Gasteiger partial charge in [0.2, 0.25) is 0 Å². The summed E-state index contributed by atoms with van der Waals surface area (Å²) in [6.45, 7) is 1.87. The highest BCUT2D eigenvalue weighted by Crippen LogP contribution is 2.46. The van der Waals surface area contributed by atoms with Gasteiger partial charge >= 0.3 is 0 Å². The van der Waals surface area contributed by atoms with Crippen molar-refractivity contribution in [3.05, 3.63) is 58.1 Å². The molecule has 0 radical (unpaired) electrons. The first-order chi connectivity index (χ1) is 13.6. The van der Waals surface area contributed by atoms with Crippen LogP contribution in [0.2, 0.25) is 10.0 Å². The minimum Gasteiger partial charge on any atom is -0.365 e. The highest BCUT2D eigenvalue weighted by Gasteiger charge is 2.54. The second kappa shape index (κ2) is 6.94. The molecule has 2 aliphatic carbocycles. The van der Waals surface area contributed by atoms with Crippen LogP contribution in [0.1, 0.15) is 31.2 Å². The van der Waals surface area contributed by atoms with Gasteiger partial charge in [-0.25, -0.2) is 0 Å². The summed E-state index contributed by atoms with van der Waals surface area (Å²) >= 11 is 12.3. The summed E-state index contributed by atoms with van der Waals surface area (Å²) in [4.78, 5) is 17.8. The Kier molecular flexibility index (Phi) is 4.53. The molecule has 0 spiro atoms. The highest BCUT2D eigenvalue weighted by atomic mass is 35.5. The molecule has 1 heterocycles. The predicted molar refractivity (Wildman–Crippen MR) is 112 cm³/mol. The SMILES string of the molecule is O=C(N1CCN(C2CC2)c2ccccc21)C1(OCc2cc(Cl)ccc2Cl)CC1. The van der Waals surface area contributed by atoms with E-state index in [9.17, 15) is 4.79 Å². The van der Waals surface area contributed by atoms with Gasteiger partial charge in [-0.05, 0) is 61.6 Å². The summed E-state index contributed by atoms with van der Waals surface area (Å²) in [6.07, 6.45) is 3.98. The van der Waals surface area contributed by atoms with Crippen molar-refractivity contribution in [3.63, 3.8) is 0 Å². The topological polar surface area (TPSA) is 32.8 Å². The van der Waals surface area contributed by atoms with Crippen molar-refractivity contribution in [2.75, 3.05) is 22.9 Å². The van der Waals surface area contributed by atoms with Gasteiger partial charge in [0.05, 0.1) is 18.0 Å². The molecule has 1 aliphatic heterocycles. The van der Waals surface area contributed by atoms with Gasteiger partial charge in [0, 0.05) is 29.2 Å². The molecule has 0 saturated heterocycles. The van der Waals surface area contributed by atoms with Crippen LogP contribution in [0.4, 0.5) is 11.4 Å². The number of halogens is 2. The number of rotatable bonds is 5. The number of ether oxygens (including phenoxy) is 1. The van der Waals surface area contributed by atoms with Crippen LogP contribution < -0.4 is 9.80 Å². The van der Waals surface area contributed by atoms with Crippen LogP contribution in [-0.4, -0.2) is 30.6 Å². The normalized spacial score (nSPS) is 20.1. The number of amides is 1. The third-order valence-corrected chi connectivity index (χ3v) is 6.49. The standard InChI is InChI=1S/C22H22Cl2N2O2/c23-16-5-8-18(24)15(13-16)14-28-22(9-10-22)21(27)26-12-11-25(17-6-7-17)19-3-1-2-4-20(19)26/h1-5,8,13,17H,6-7,9-12,14H2. The van der Waals surface area contributed by atoms with E-state index in [1.807, 2.05) is 23.1 Å². The van der Waals surface area contributed by atoms with E-state index in [0.29, 0.717) is 22.6 Å². The molecule has 3 aliphatic rings. The van der Waals surface area contributed by atoms with Crippen molar-refractivity contribution in [1.82, 2.24) is 0 Å². The summed E-state index contributed by atoms with van der Waals surface area (Å²) in [5.41, 5.74) is 2.24. The second-order valence-corrected chi connectivity index (χ2v) is 8.73. The lowest BCUT2D eigenvalue weighted by atomic mass is 10.1. The zero-order valence-electron chi connectivity index (χ0n) is 15.5. The van der Waals surface area contributed by atoms with E-state index in [4.69, 9.17) is 27.9 Å². The lowest BCUT2D eigenvalue weighted by Gasteiger charge is -2.39. The summed E-state index contributed by atoms with van der Waals surface area (Å²) < 4.78 is 6.13. The zero-order chi connectivity index (χ0) is 19.3. The molecule has 0 N–H and O–H groups in total. The number of carbonyl (C=O) groups is 1. The number of carbonyl (C=O) groups excluding carboxylic acids is 1. The Balaban J connectivity index is 1.35. The summed E-state index contributed by atoms with van der Waals surface area (Å²) in [7, 11) is 0. The van der Waals surface area contributed by atoms with Crippen molar-refractivity contribution in [1.29, 1.82) is 0 Å². The molecule has 1 amide bonds. The van der Waals surface area contributed by atoms with Crippen LogP contribution in [0.5, 0.6) is 0 Å². The number of para-hydroxylation sites is 2. The number of nitrogens with zero attached hydrogens (tertiary/aromatic N) is 2. The van der Waals surface area contributed by atoms with E-state index in [1.165, 1.54) is 18.5 Å². The van der Waals surface area contributed by atoms with Crippen LogP contribution in [0.3, 0.4) is 0 Å². The van der Waals surface area contributed by atoms with Crippen molar-refractivity contribution in [3.8, 4) is 0 Å². The Hall–Kier alpha value is -1.75. The summed E-state index contributed by atoms with van der Waals surface area (Å²) in [5.74, 6) is 0.0635. The quantitative estimate of drug-likeness (QED) is 0.682. The average Bonchev–Trinajstić information content (AvgIpc) is 3.62. The molecule has 4 nitrogen and oxygen atoms in total. The zero-order valence-corrected chi connectivity index (χ0v) is 17.0. The van der Waals surface area contributed by atoms with E-state index >= 15 is 0 Å². The fraction of sp³-hybridized carbons (Fsp3) is 0.409. The monoisotopic (exact) mass is 416 g/mol. The molecule has 0 atom stereocenters. The molecule has 0 unspecified atom stereocenters. The van der Waals surface area contributed by atoms with Crippen LogP contribution in [-0.2, 0) is 16.1 Å². The Morgan fingerprint density at radius 3 is 2.54 bits per heavy atom. The fourth-order valence-electron chi connectivity index (χ4n) is 4.01. The highest BCUT2D eigenvalue weighted by molar-refractivity contribution is 6.33. The molecule has 5 rings (SSSR count). The Bertz CT molecular complexity index is 925. The van der Waals surface area contributed by atoms with E-state index in [-0.39, 0.29) is 12.5 Å². The number of hydrogen-bond donors (Lipinski definition) is 0. The second-order valence-electron chi connectivity index (χ2n) is 7.89. The van der Waals surface area contributed by atoms with Crippen molar-refractivity contribution < 1.29 is 9.53 Å². The van der Waals surface area contributed by atoms with Crippen molar-refractivity contribution in [2.24, 2.45) is 0 Å². The number of anilines is 2. The minimum atomic E-state index is -0.736. The molecule has 146 valence electrons. The van der Waals surface area contributed by atoms with E-state index in [0.717, 1.165) is 30.6 Å². The molecular weight excluding hydrogens is 395 g/mol. The van der Waals surface area contributed by atoms with Gasteiger partial charge < -0.3 is 14.5 Å². The predicted octanol–water partition coefficient (Wildman–Crippen LogP) is 5.06. The lowest BCUT2D eigenvalue weighted by Crippen LogP contribution is -2.49. The van der Waals surface area contributed by atoms with Crippen molar-refractivity contribution in [2.45, 2.75) is 43.9 Å². The maximum Gasteiger partial charge on any atom is 0.259 e. The summed E-state index contributed by atoms with van der Waals surface area (Å²) in [6, 6.07) is 14.2. The first-order valence-corrected chi connectivity index (χ1v) is 10.6. The van der Waals surface area contributed by atoms with Gasteiger partial charge in [-0.2, -0.15) is 0 Å². The van der Waals surface area contributed by atoms with E-state index in [1.54, 1.807) is 18.2 Å². The third-order valence-electron chi connectivity index (χ3n) is 5.88. The molecular formula is C22H22Cl2N2O2. The Morgan fingerprint density at radius 2 is 1.82 bits per heavy atom. The van der Waals surface area contributed by atoms with Crippen LogP contribution in [0, 0.1) is 0 Å². The minimum absolute atomic E-state index is 0.0635. The van der Waals surface area contributed by atoms with Crippen molar-refractivity contribution >= 4 is 40.5 Å². The van der Waals surface area contributed by atoms with Gasteiger partial charge in [-0.15, -0.1) is 0 Å². The first kappa shape index (κ1) is 18.3. The lowest BCUT2D eigenvalue weighted by molar-refractivity contribution is -0.133. The number of fused-ring (bicyclic) bond motifs is 1. The average molecular weight is 417 g/mol. The van der Waals surface area contributed by atoms with Gasteiger partial charge in [-0.1, -0.05) is 35.3 Å². The molecule has 28 heavy (non-hydrogen) atoms. The summed E-state index contributed by atoms with van der Waals surface area (Å²) in [5, 5.41) is 1.22. The smallest absolute Gasteiger partial charge is 0.259 e. The Labute approximate surface area is 175 Å². The molecule has 6 heteroatoms. The molecule has 2 saturated carbocycles. The third kappa shape index (κ3) is 3.28. The molecule has 0 aromatic heterocycles. The van der Waals surface area contributed by atoms with Gasteiger partial charge in [-0.3, -0.25) is 4.79 Å². The first-order valence-electron chi connectivity index (χ1n) is 9.83. The Morgan fingerprint density at radius 1 is 1.07 bits per heavy atom. The number of hydrogen-bond acceptors (Lipinski definition) is 3. The van der Waals surface area contributed by atoms with Gasteiger partial charge in [0.1, 0.15) is 5.60 Å². The fourth-order valence-corrected chi connectivity index (χ4v) is 4.38. The van der Waals surface area contributed by atoms with Crippen LogP contribution in [0.15, 0.2) is 42.5 Å². The maximum absolute atomic E-state index is 13.4. The maximum atomic E-state index is 13.4. The molecule has 2 fully saturated rings.